The predicted molar refractivity (Wildman–Crippen MR) is 287 cm³/mol. The summed E-state index contributed by atoms with van der Waals surface area (Å²) in [7, 11) is 0. The Morgan fingerprint density at radius 3 is 0.597 bits per heavy atom. The van der Waals surface area contributed by atoms with Gasteiger partial charge in [0.25, 0.3) is 0 Å². The summed E-state index contributed by atoms with van der Waals surface area (Å²) in [6.07, 6.45) is 8.64. The molecule has 0 aromatic heterocycles. The van der Waals surface area contributed by atoms with Gasteiger partial charge in [0.2, 0.25) is 0 Å². The van der Waals surface area contributed by atoms with Gasteiger partial charge in [-0.1, -0.05) is 188 Å². The van der Waals surface area contributed by atoms with Crippen LogP contribution in [-0.4, -0.2) is 0 Å². The van der Waals surface area contributed by atoms with Crippen molar-refractivity contribution in [2.75, 3.05) is 14.7 Å². The highest BCUT2D eigenvalue weighted by molar-refractivity contribution is 5.84. The van der Waals surface area contributed by atoms with Crippen molar-refractivity contribution >= 4 is 75.5 Å². The molecule has 3 heteroatoms. The molecular formula is C64H49N3. The van der Waals surface area contributed by atoms with Crippen LogP contribution < -0.4 is 14.7 Å². The summed E-state index contributed by atoms with van der Waals surface area (Å²) in [6, 6.07) is 96.7. The summed E-state index contributed by atoms with van der Waals surface area (Å²) in [5.41, 5.74) is 16.8. The summed E-state index contributed by atoms with van der Waals surface area (Å²) in [5, 5.41) is 0. The zero-order chi connectivity index (χ0) is 45.0. The van der Waals surface area contributed by atoms with Gasteiger partial charge >= 0.3 is 0 Å². The Morgan fingerprint density at radius 1 is 0.164 bits per heavy atom. The zero-order valence-corrected chi connectivity index (χ0v) is 37.1. The molecule has 0 heterocycles. The fourth-order valence-electron chi connectivity index (χ4n) is 8.41. The molecule has 0 fully saturated rings. The average Bonchev–Trinajstić information content (AvgIpc) is 3.41. The van der Waals surface area contributed by atoms with Crippen LogP contribution in [0.25, 0.3) is 35.4 Å². The van der Waals surface area contributed by atoms with Crippen molar-refractivity contribution in [1.29, 1.82) is 0 Å². The van der Waals surface area contributed by atoms with Gasteiger partial charge in [0.05, 0.1) is 0 Å². The van der Waals surface area contributed by atoms with Crippen molar-refractivity contribution in [2.24, 2.45) is 0 Å². The van der Waals surface area contributed by atoms with E-state index in [4.69, 9.17) is 0 Å². The molecule has 0 N–H and O–H groups in total. The molecule has 0 aliphatic heterocycles. The number of nitrogens with zero attached hydrogens (tertiary/aromatic N) is 3. The lowest BCUT2D eigenvalue weighted by Gasteiger charge is -2.28. The third-order valence-electron chi connectivity index (χ3n) is 11.8. The average molecular weight is 860 g/mol. The van der Waals surface area contributed by atoms with E-state index in [2.05, 4.69) is 300 Å². The fraction of sp³-hybridized carbons (Fsp3) is 0. The Hall–Kier alpha value is -8.92. The third-order valence-corrected chi connectivity index (χ3v) is 11.8. The molecule has 0 saturated carbocycles. The number of para-hydroxylation sites is 3. The maximum atomic E-state index is 2.33. The lowest BCUT2D eigenvalue weighted by molar-refractivity contribution is 1.25. The van der Waals surface area contributed by atoms with Gasteiger partial charge in [-0.3, -0.25) is 0 Å². The van der Waals surface area contributed by atoms with Gasteiger partial charge < -0.3 is 14.7 Å². The number of rotatable bonds is 14. The van der Waals surface area contributed by atoms with E-state index in [9.17, 15) is 0 Å². The maximum absolute atomic E-state index is 2.33. The minimum Gasteiger partial charge on any atom is -0.311 e. The fourth-order valence-corrected chi connectivity index (χ4v) is 8.41. The highest BCUT2D eigenvalue weighted by atomic mass is 15.2. The standard InChI is InChI=1S/C64H49N3/c1-6-16-50(17-7-1)26-28-52-30-38-59(39-31-52)66(58-24-14-5-15-25-58)61-42-34-54(35-43-61)55-36-44-62(45-37-55)67(60-40-32-53(33-41-60)29-27-51-18-8-2-9-19-51)64-48-46-63(47-49-64)65(56-20-10-3-11-21-56)57-22-12-4-13-23-57/h1-49H/b28-26-,29-27-. The van der Waals surface area contributed by atoms with Crippen LogP contribution in [0.4, 0.5) is 51.2 Å². The molecule has 0 saturated heterocycles. The smallest absolute Gasteiger partial charge is 0.0463 e. The van der Waals surface area contributed by atoms with E-state index in [0.717, 1.165) is 73.4 Å². The molecule has 0 aliphatic rings. The van der Waals surface area contributed by atoms with Crippen molar-refractivity contribution in [3.8, 4) is 11.1 Å². The van der Waals surface area contributed by atoms with Gasteiger partial charge in [0.15, 0.2) is 0 Å². The minimum atomic E-state index is 1.07. The van der Waals surface area contributed by atoms with Crippen molar-refractivity contribution in [3.05, 3.63) is 295 Å². The summed E-state index contributed by atoms with van der Waals surface area (Å²) in [6.45, 7) is 0. The van der Waals surface area contributed by atoms with E-state index in [1.54, 1.807) is 0 Å². The normalized spacial score (nSPS) is 11.2. The zero-order valence-electron chi connectivity index (χ0n) is 37.1. The summed E-state index contributed by atoms with van der Waals surface area (Å²) < 4.78 is 0. The van der Waals surface area contributed by atoms with E-state index in [-0.39, 0.29) is 0 Å². The molecule has 0 unspecified atom stereocenters. The second kappa shape index (κ2) is 20.3. The van der Waals surface area contributed by atoms with Crippen LogP contribution in [-0.2, 0) is 0 Å². The molecule has 0 atom stereocenters. The van der Waals surface area contributed by atoms with Crippen molar-refractivity contribution < 1.29 is 0 Å². The van der Waals surface area contributed by atoms with Crippen LogP contribution in [0.5, 0.6) is 0 Å². The molecule has 10 aromatic carbocycles. The first-order valence-electron chi connectivity index (χ1n) is 22.7. The molecule has 320 valence electrons. The molecule has 0 bridgehead atoms. The van der Waals surface area contributed by atoms with Crippen molar-refractivity contribution in [2.45, 2.75) is 0 Å². The Morgan fingerprint density at radius 2 is 0.343 bits per heavy atom. The van der Waals surface area contributed by atoms with E-state index in [1.807, 2.05) is 12.1 Å². The molecule has 10 aromatic rings. The van der Waals surface area contributed by atoms with E-state index in [0.29, 0.717) is 0 Å². The molecule has 0 amide bonds. The van der Waals surface area contributed by atoms with Crippen LogP contribution >= 0.6 is 0 Å². The molecule has 0 aliphatic carbocycles. The molecule has 10 rings (SSSR count). The van der Waals surface area contributed by atoms with E-state index in [1.165, 1.54) is 11.1 Å². The van der Waals surface area contributed by atoms with Gasteiger partial charge in [-0.05, 0) is 143 Å². The number of anilines is 9. The summed E-state index contributed by atoms with van der Waals surface area (Å²) in [5.74, 6) is 0. The third kappa shape index (κ3) is 10.1. The van der Waals surface area contributed by atoms with Gasteiger partial charge in [-0.25, -0.2) is 0 Å². The van der Waals surface area contributed by atoms with Crippen molar-refractivity contribution in [1.82, 2.24) is 0 Å². The van der Waals surface area contributed by atoms with E-state index >= 15 is 0 Å². The van der Waals surface area contributed by atoms with Gasteiger partial charge in [0.1, 0.15) is 0 Å². The van der Waals surface area contributed by atoms with Crippen LogP contribution in [0.3, 0.4) is 0 Å². The first-order valence-corrected chi connectivity index (χ1v) is 22.7. The lowest BCUT2D eigenvalue weighted by atomic mass is 10.0. The van der Waals surface area contributed by atoms with Gasteiger partial charge in [0, 0.05) is 51.2 Å². The molecule has 0 spiro atoms. The molecule has 3 nitrogen and oxygen atoms in total. The Kier molecular flexibility index (Phi) is 12.7. The highest BCUT2D eigenvalue weighted by Crippen LogP contribution is 2.41. The Bertz CT molecular complexity index is 3110. The minimum absolute atomic E-state index is 1.07. The quantitative estimate of drug-likeness (QED) is 0.101. The number of hydrogen-bond donors (Lipinski definition) is 0. The van der Waals surface area contributed by atoms with Gasteiger partial charge in [-0.2, -0.15) is 0 Å². The monoisotopic (exact) mass is 859 g/mol. The van der Waals surface area contributed by atoms with Gasteiger partial charge in [-0.15, -0.1) is 0 Å². The maximum Gasteiger partial charge on any atom is 0.0463 e. The lowest BCUT2D eigenvalue weighted by Crippen LogP contribution is -2.12. The summed E-state index contributed by atoms with van der Waals surface area (Å²) >= 11 is 0. The SMILES string of the molecule is C(=C/c1ccc(N(c2ccccc2)c2ccc(-c3ccc(N(c4ccc(/C=C\c5ccccc5)cc4)c4ccc(N(c5ccccc5)c5ccccc5)cc4)cc3)cc2)cc1)/c1ccccc1. The van der Waals surface area contributed by atoms with Crippen LogP contribution in [0.15, 0.2) is 273 Å². The van der Waals surface area contributed by atoms with Crippen LogP contribution in [0, 0.1) is 0 Å². The molecule has 67 heavy (non-hydrogen) atoms. The predicted octanol–water partition coefficient (Wildman–Crippen LogP) is 18.1. The largest absolute Gasteiger partial charge is 0.311 e. The molecular weight excluding hydrogens is 811 g/mol. The van der Waals surface area contributed by atoms with Crippen LogP contribution in [0.1, 0.15) is 22.3 Å². The second-order valence-electron chi connectivity index (χ2n) is 16.3. The number of hydrogen-bond acceptors (Lipinski definition) is 3. The Labute approximate surface area is 394 Å². The molecule has 0 radical (unpaired) electrons. The highest BCUT2D eigenvalue weighted by Gasteiger charge is 2.17. The van der Waals surface area contributed by atoms with Crippen molar-refractivity contribution in [3.63, 3.8) is 0 Å². The number of benzene rings is 10. The Balaban J connectivity index is 0.943. The second-order valence-corrected chi connectivity index (χ2v) is 16.3. The van der Waals surface area contributed by atoms with Crippen LogP contribution in [0.2, 0.25) is 0 Å². The first-order chi connectivity index (χ1) is 33.2. The summed E-state index contributed by atoms with van der Waals surface area (Å²) in [4.78, 5) is 6.93. The topological polar surface area (TPSA) is 9.72 Å². The first kappa shape index (κ1) is 42.1. The van der Waals surface area contributed by atoms with E-state index < -0.39 is 0 Å².